The molecule has 9 heteroatoms. The van der Waals surface area contributed by atoms with Crippen LogP contribution in [0.4, 0.5) is 10.1 Å². The fourth-order valence-corrected chi connectivity index (χ4v) is 3.51. The molecule has 2 aromatic rings. The molecule has 1 aliphatic rings. The highest BCUT2D eigenvalue weighted by atomic mass is 32.2. The molecule has 1 amide bonds. The van der Waals surface area contributed by atoms with Gasteiger partial charge in [0.2, 0.25) is 0 Å². The van der Waals surface area contributed by atoms with Crippen molar-refractivity contribution in [3.8, 4) is 23.3 Å². The van der Waals surface area contributed by atoms with E-state index in [1.165, 1.54) is 13.2 Å². The molecule has 1 heterocycles. The van der Waals surface area contributed by atoms with Crippen LogP contribution in [-0.4, -0.2) is 33.1 Å². The van der Waals surface area contributed by atoms with Crippen molar-refractivity contribution < 1.29 is 27.4 Å². The maximum Gasteiger partial charge on any atom is 0.326 e. The van der Waals surface area contributed by atoms with Crippen molar-refractivity contribution in [3.63, 3.8) is 0 Å². The number of nitrogens with one attached hydrogen (secondary N) is 1. The van der Waals surface area contributed by atoms with Crippen LogP contribution >= 0.6 is 0 Å². The van der Waals surface area contributed by atoms with Gasteiger partial charge in [0.15, 0.2) is 5.82 Å². The number of benzene rings is 2. The van der Waals surface area contributed by atoms with Crippen LogP contribution in [0.5, 0.6) is 11.5 Å². The Morgan fingerprint density at radius 2 is 1.88 bits per heavy atom. The Morgan fingerprint density at radius 1 is 1.19 bits per heavy atom. The van der Waals surface area contributed by atoms with Crippen molar-refractivity contribution in [1.29, 1.82) is 0 Å². The first kappa shape index (κ1) is 17.6. The van der Waals surface area contributed by atoms with Crippen molar-refractivity contribution >= 4 is 21.8 Å². The summed E-state index contributed by atoms with van der Waals surface area (Å²) in [5.41, 5.74) is -0.154. The summed E-state index contributed by atoms with van der Waals surface area (Å²) >= 11 is 0. The Morgan fingerprint density at radius 3 is 2.46 bits per heavy atom. The van der Waals surface area contributed by atoms with E-state index in [4.69, 9.17) is 4.74 Å². The van der Waals surface area contributed by atoms with Gasteiger partial charge in [0, 0.05) is 5.56 Å². The van der Waals surface area contributed by atoms with Crippen LogP contribution < -0.4 is 13.8 Å². The minimum absolute atomic E-state index is 0.122. The monoisotopic (exact) mass is 376 g/mol. The van der Waals surface area contributed by atoms with Crippen LogP contribution in [0.2, 0.25) is 0 Å². The molecule has 26 heavy (non-hydrogen) atoms. The number of methoxy groups -OCH3 is 1. The third-order valence-corrected chi connectivity index (χ3v) is 4.97. The zero-order valence-corrected chi connectivity index (χ0v) is 14.3. The van der Waals surface area contributed by atoms with Crippen molar-refractivity contribution in [2.75, 3.05) is 18.0 Å². The van der Waals surface area contributed by atoms with Gasteiger partial charge in [-0.2, -0.15) is 8.42 Å². The first-order chi connectivity index (χ1) is 12.3. The molecule has 0 spiro atoms. The van der Waals surface area contributed by atoms with Crippen LogP contribution in [0.25, 0.3) is 0 Å². The lowest BCUT2D eigenvalue weighted by molar-refractivity contribution is -0.117. The second-order valence-corrected chi connectivity index (χ2v) is 6.91. The average Bonchev–Trinajstić information content (AvgIpc) is 2.87. The van der Waals surface area contributed by atoms with Crippen molar-refractivity contribution in [1.82, 2.24) is 4.72 Å². The van der Waals surface area contributed by atoms with Crippen molar-refractivity contribution in [2.45, 2.75) is 0 Å². The van der Waals surface area contributed by atoms with Gasteiger partial charge >= 0.3 is 10.2 Å². The van der Waals surface area contributed by atoms with Crippen LogP contribution in [0, 0.1) is 17.7 Å². The van der Waals surface area contributed by atoms with Gasteiger partial charge in [-0.15, -0.1) is 0 Å². The average molecular weight is 376 g/mol. The number of ether oxygens (including phenoxy) is 1. The maximum absolute atomic E-state index is 14.7. The highest BCUT2D eigenvalue weighted by Gasteiger charge is 2.37. The topological polar surface area (TPSA) is 95.9 Å². The number of carbonyl (C=O) groups is 1. The summed E-state index contributed by atoms with van der Waals surface area (Å²) in [6.07, 6.45) is 0. The quantitative estimate of drug-likeness (QED) is 0.766. The van der Waals surface area contributed by atoms with Crippen LogP contribution in [0.1, 0.15) is 11.1 Å². The highest BCUT2D eigenvalue weighted by Crippen LogP contribution is 2.34. The van der Waals surface area contributed by atoms with E-state index in [0.29, 0.717) is 15.6 Å². The molecule has 0 unspecified atom stereocenters. The molecule has 0 bridgehead atoms. The molecule has 3 rings (SSSR count). The molecule has 1 aliphatic heterocycles. The van der Waals surface area contributed by atoms with Crippen LogP contribution in [-0.2, 0) is 15.0 Å². The molecular weight excluding hydrogens is 363 g/mol. The van der Waals surface area contributed by atoms with E-state index in [1.54, 1.807) is 29.0 Å². The smallest absolute Gasteiger partial charge is 0.326 e. The molecule has 134 valence electrons. The van der Waals surface area contributed by atoms with Gasteiger partial charge in [-0.25, -0.2) is 13.4 Å². The number of aromatic hydroxyl groups is 1. The Kier molecular flexibility index (Phi) is 4.44. The van der Waals surface area contributed by atoms with E-state index < -0.39 is 39.9 Å². The first-order valence-electron chi connectivity index (χ1n) is 7.32. The van der Waals surface area contributed by atoms with E-state index in [-0.39, 0.29) is 5.56 Å². The number of rotatable bonds is 2. The molecule has 1 saturated heterocycles. The summed E-state index contributed by atoms with van der Waals surface area (Å²) in [7, 11) is -2.73. The standard InChI is InChI=1S/C17H13FN2O5S/c1-25-13-7-3-11(4-8-13)2-5-12-6-9-14(21)17(16(12)18)20-10-15(22)19-26(20,23)24/h3-4,6-9,21H,10H2,1H3,(H,19,22). The van der Waals surface area contributed by atoms with Gasteiger partial charge in [0.1, 0.15) is 23.7 Å². The molecule has 0 aliphatic carbocycles. The summed E-state index contributed by atoms with van der Waals surface area (Å²) in [6, 6.07) is 9.09. The highest BCUT2D eigenvalue weighted by molar-refractivity contribution is 7.92. The van der Waals surface area contributed by atoms with E-state index >= 15 is 0 Å². The van der Waals surface area contributed by atoms with Gasteiger partial charge < -0.3 is 9.84 Å². The summed E-state index contributed by atoms with van der Waals surface area (Å²) in [5.74, 6) is 3.51. The van der Waals surface area contributed by atoms with Gasteiger partial charge in [0.05, 0.1) is 12.7 Å². The largest absolute Gasteiger partial charge is 0.506 e. The number of halogens is 1. The number of nitrogens with zero attached hydrogens (tertiary/aromatic N) is 1. The fourth-order valence-electron chi connectivity index (χ4n) is 2.35. The minimum atomic E-state index is -4.25. The zero-order chi connectivity index (χ0) is 18.9. The summed E-state index contributed by atoms with van der Waals surface area (Å²) in [5, 5.41) is 9.89. The lowest BCUT2D eigenvalue weighted by Gasteiger charge is -2.17. The predicted molar refractivity (Wildman–Crippen MR) is 91.4 cm³/mol. The molecule has 2 aromatic carbocycles. The SMILES string of the molecule is COc1ccc(C#Cc2ccc(O)c(N3CC(=O)NS3(=O)=O)c2F)cc1. The Bertz CT molecular complexity index is 1040. The molecular formula is C17H13FN2O5S. The second-order valence-electron chi connectivity index (χ2n) is 5.31. The Labute approximate surface area is 149 Å². The lowest BCUT2D eigenvalue weighted by Crippen LogP contribution is -2.30. The van der Waals surface area contributed by atoms with Crippen LogP contribution in [0.3, 0.4) is 0 Å². The number of hydrogen-bond donors (Lipinski definition) is 2. The van der Waals surface area contributed by atoms with Crippen LogP contribution in [0.15, 0.2) is 36.4 Å². The Balaban J connectivity index is 2.01. The number of carbonyl (C=O) groups excluding carboxylic acids is 1. The minimum Gasteiger partial charge on any atom is -0.506 e. The fraction of sp³-hybridized carbons (Fsp3) is 0.118. The van der Waals surface area contributed by atoms with Crippen molar-refractivity contribution in [3.05, 3.63) is 53.3 Å². The van der Waals surface area contributed by atoms with Gasteiger partial charge in [-0.3, -0.25) is 4.79 Å². The molecule has 0 saturated carbocycles. The number of hydrogen-bond acceptors (Lipinski definition) is 5. The third-order valence-electron chi connectivity index (χ3n) is 3.60. The maximum atomic E-state index is 14.7. The van der Waals surface area contributed by atoms with Crippen molar-refractivity contribution in [2.24, 2.45) is 0 Å². The molecule has 0 radical (unpaired) electrons. The number of phenolic OH excluding ortho intramolecular Hbond substituents is 1. The lowest BCUT2D eigenvalue weighted by atomic mass is 10.1. The van der Waals surface area contributed by atoms with E-state index in [2.05, 4.69) is 11.8 Å². The third kappa shape index (κ3) is 3.27. The van der Waals surface area contributed by atoms with E-state index in [9.17, 15) is 22.7 Å². The van der Waals surface area contributed by atoms with E-state index in [1.807, 2.05) is 0 Å². The van der Waals surface area contributed by atoms with Gasteiger partial charge in [-0.05, 0) is 36.4 Å². The number of phenols is 1. The number of amides is 1. The molecule has 7 nitrogen and oxygen atoms in total. The summed E-state index contributed by atoms with van der Waals surface area (Å²) in [4.78, 5) is 11.3. The molecule has 0 atom stereocenters. The summed E-state index contributed by atoms with van der Waals surface area (Å²) in [6.45, 7) is -0.623. The second kappa shape index (κ2) is 6.57. The number of anilines is 1. The van der Waals surface area contributed by atoms with Gasteiger partial charge in [-0.1, -0.05) is 11.8 Å². The predicted octanol–water partition coefficient (Wildman–Crippen LogP) is 1.12. The van der Waals surface area contributed by atoms with E-state index in [0.717, 1.165) is 6.07 Å². The van der Waals surface area contributed by atoms with Gasteiger partial charge in [0.25, 0.3) is 5.91 Å². The summed E-state index contributed by atoms with van der Waals surface area (Å²) < 4.78 is 45.8. The molecule has 2 N–H and O–H groups in total. The Hall–Kier alpha value is -3.25. The molecule has 1 fully saturated rings. The first-order valence-corrected chi connectivity index (χ1v) is 8.76. The zero-order valence-electron chi connectivity index (χ0n) is 13.5. The molecule has 0 aromatic heterocycles. The normalized spacial score (nSPS) is 15.2.